The van der Waals surface area contributed by atoms with E-state index in [4.69, 9.17) is 25.8 Å². The number of hydrogen-bond acceptors (Lipinski definition) is 19. The number of nitrogens with one attached hydrogen (secondary N) is 4. The van der Waals surface area contributed by atoms with Crippen LogP contribution in [0.3, 0.4) is 0 Å². The smallest absolute Gasteiger partial charge is 0.382 e. The molecule has 0 saturated carbocycles. The lowest BCUT2D eigenvalue weighted by Gasteiger charge is -2.39. The molecule has 29 heteroatoms. The molecule has 4 heterocycles. The fourth-order valence-corrected chi connectivity index (χ4v) is 15.6. The molecule has 4 N–H and O–H groups in total. The van der Waals surface area contributed by atoms with Crippen LogP contribution in [0.4, 0.5) is 30.2 Å². The number of carbonyl (C=O) groups excluding carboxylic acids is 6. The number of benzene rings is 5. The summed E-state index contributed by atoms with van der Waals surface area (Å²) in [5, 5.41) is 8.98. The highest BCUT2D eigenvalue weighted by molar-refractivity contribution is 7.99. The molecule has 3 fully saturated rings. The molecule has 2 unspecified atom stereocenters. The summed E-state index contributed by atoms with van der Waals surface area (Å²) in [6.45, 7) is 11.6. The molecule has 3 saturated heterocycles. The normalized spacial score (nSPS) is 18.5. The van der Waals surface area contributed by atoms with Gasteiger partial charge in [-0.15, -0.1) is 11.8 Å². The van der Waals surface area contributed by atoms with Crippen LogP contribution in [0, 0.1) is 5.41 Å². The van der Waals surface area contributed by atoms with Crippen LogP contribution >= 0.6 is 23.4 Å². The second kappa shape index (κ2) is 32.1. The number of nitrogens with zero attached hydrogens (tertiary/aromatic N) is 5. The van der Waals surface area contributed by atoms with Crippen LogP contribution in [-0.4, -0.2) is 207 Å². The maximum Gasteiger partial charge on any atom is 0.501 e. The molecule has 22 nitrogen and oxygen atoms in total. The molecule has 1 aliphatic carbocycles. The van der Waals surface area contributed by atoms with Gasteiger partial charge in [-0.05, 0) is 128 Å². The number of rotatable bonds is 29. The zero-order valence-corrected chi connectivity index (χ0v) is 57.1. The molecule has 5 aliphatic rings. The standard InChI is InChI=1S/C68H79ClF3N9O13S3/c1-67(2)25-23-54(46-11-15-49(69)16-12-46)48(42-67)43-78-30-32-79(33-31-78)51-17-13-47(14-18-51)63(84)76-97(90,91)53-19-20-56(59(41-53)96(88,89)68(70,71)72)74-50(45-95-52-7-4-3-5-8-52)24-27-77-28-34-80(35-29-77)61(83)44-94-40-39-93-38-37-92-36-26-73-57-10-6-9-55-62(57)66(87)81(65(55)86)58-21-22-60(82)75-64(58)85/h3-20,41,50,58,73-74H,21-40,42-45H2,1-2H3,(H,76,84)(H,75,82,85). The van der Waals surface area contributed by atoms with E-state index in [1.54, 1.807) is 29.2 Å². The van der Waals surface area contributed by atoms with Gasteiger partial charge in [0.15, 0.2) is 0 Å². The molecule has 0 bridgehead atoms. The highest BCUT2D eigenvalue weighted by Gasteiger charge is 2.49. The van der Waals surface area contributed by atoms with Crippen LogP contribution in [0.5, 0.6) is 0 Å². The Morgan fingerprint density at radius 3 is 2.12 bits per heavy atom. The molecule has 0 aromatic heterocycles. The summed E-state index contributed by atoms with van der Waals surface area (Å²) < 4.78 is 117. The molecular formula is C68H79ClF3N9O13S3. The van der Waals surface area contributed by atoms with E-state index in [0.29, 0.717) is 69.0 Å². The largest absolute Gasteiger partial charge is 0.501 e. The molecule has 97 heavy (non-hydrogen) atoms. The average Bonchev–Trinajstić information content (AvgIpc) is 1.75. The molecule has 5 aromatic carbocycles. The zero-order valence-electron chi connectivity index (χ0n) is 53.9. The van der Waals surface area contributed by atoms with Crippen molar-refractivity contribution in [3.05, 3.63) is 148 Å². The van der Waals surface area contributed by atoms with Crippen molar-refractivity contribution in [2.45, 2.75) is 84.7 Å². The molecule has 520 valence electrons. The number of hydrogen-bond donors (Lipinski definition) is 4. The van der Waals surface area contributed by atoms with Gasteiger partial charge in [0.2, 0.25) is 17.7 Å². The van der Waals surface area contributed by atoms with Crippen molar-refractivity contribution in [3.63, 3.8) is 0 Å². The number of piperidine rings is 1. The Morgan fingerprint density at radius 1 is 0.753 bits per heavy atom. The van der Waals surface area contributed by atoms with Gasteiger partial charge in [0.25, 0.3) is 37.6 Å². The minimum atomic E-state index is -6.17. The van der Waals surface area contributed by atoms with Crippen LogP contribution < -0.4 is 25.6 Å². The maximum atomic E-state index is 14.5. The number of sulfonamides is 1. The lowest BCUT2D eigenvalue weighted by Crippen LogP contribution is -2.54. The third-order valence-corrected chi connectivity index (χ3v) is 22.1. The fraction of sp³-hybridized carbons (Fsp3) is 0.441. The minimum absolute atomic E-state index is 0.0136. The number of thioether (sulfide) groups is 1. The average molecular weight is 1420 g/mol. The number of piperazine rings is 2. The summed E-state index contributed by atoms with van der Waals surface area (Å²) in [4.78, 5) is 85.1. The van der Waals surface area contributed by atoms with Crippen molar-refractivity contribution in [1.29, 1.82) is 0 Å². The third kappa shape index (κ3) is 18.5. The van der Waals surface area contributed by atoms with Crippen LogP contribution in [0.2, 0.25) is 5.02 Å². The molecule has 6 amide bonds. The first-order chi connectivity index (χ1) is 46.3. The van der Waals surface area contributed by atoms with Gasteiger partial charge in [-0.25, -0.2) is 21.6 Å². The van der Waals surface area contributed by atoms with Crippen molar-refractivity contribution in [3.8, 4) is 0 Å². The Hall–Kier alpha value is -7.41. The second-order valence-electron chi connectivity index (χ2n) is 25.1. The number of anilines is 3. The topological polar surface area (TPSA) is 263 Å². The first-order valence-electron chi connectivity index (χ1n) is 32.2. The van der Waals surface area contributed by atoms with Crippen molar-refractivity contribution >= 4 is 101 Å². The number of alkyl halides is 3. The highest BCUT2D eigenvalue weighted by Crippen LogP contribution is 2.43. The summed E-state index contributed by atoms with van der Waals surface area (Å²) in [6.07, 6.45) is 3.44. The molecule has 0 spiro atoms. The molecule has 4 aliphatic heterocycles. The predicted molar refractivity (Wildman–Crippen MR) is 362 cm³/mol. The quantitative estimate of drug-likeness (QED) is 0.0200. The van der Waals surface area contributed by atoms with E-state index < -0.39 is 82.5 Å². The lowest BCUT2D eigenvalue weighted by atomic mass is 9.73. The number of halogens is 4. The van der Waals surface area contributed by atoms with Gasteiger partial charge >= 0.3 is 5.51 Å². The minimum Gasteiger partial charge on any atom is -0.382 e. The first kappa shape index (κ1) is 72.3. The van der Waals surface area contributed by atoms with E-state index in [9.17, 15) is 58.8 Å². The van der Waals surface area contributed by atoms with Crippen LogP contribution in [-0.2, 0) is 48.5 Å². The van der Waals surface area contributed by atoms with E-state index in [1.807, 2.05) is 47.2 Å². The summed E-state index contributed by atoms with van der Waals surface area (Å²) in [6, 6.07) is 28.9. The van der Waals surface area contributed by atoms with Gasteiger partial charge in [0.05, 0.1) is 54.7 Å². The number of ether oxygens (including phenoxy) is 3. The number of fused-ring (bicyclic) bond motifs is 1. The van der Waals surface area contributed by atoms with Gasteiger partial charge in [-0.1, -0.05) is 67.4 Å². The molecule has 0 radical (unpaired) electrons. The van der Waals surface area contributed by atoms with Gasteiger partial charge < -0.3 is 34.6 Å². The van der Waals surface area contributed by atoms with Gasteiger partial charge in [-0.2, -0.15) is 13.2 Å². The fourth-order valence-electron chi connectivity index (χ4n) is 12.5. The van der Waals surface area contributed by atoms with Crippen LogP contribution in [0.25, 0.3) is 5.57 Å². The van der Waals surface area contributed by atoms with Gasteiger partial charge in [0, 0.05) is 117 Å². The molecule has 2 atom stereocenters. The van der Waals surface area contributed by atoms with Crippen molar-refractivity contribution in [2.24, 2.45) is 5.41 Å². The highest BCUT2D eigenvalue weighted by atomic mass is 35.5. The predicted octanol–water partition coefficient (Wildman–Crippen LogP) is 8.21. The third-order valence-electron chi connectivity index (χ3n) is 17.8. The number of carbonyl (C=O) groups is 6. The number of amides is 6. The summed E-state index contributed by atoms with van der Waals surface area (Å²) in [5.74, 6) is -3.42. The monoisotopic (exact) mass is 1420 g/mol. The molecule has 5 aromatic rings. The van der Waals surface area contributed by atoms with Crippen molar-refractivity contribution in [1.82, 2.24) is 29.6 Å². The van der Waals surface area contributed by atoms with Crippen LogP contribution in [0.1, 0.15) is 89.0 Å². The maximum absolute atomic E-state index is 14.5. The molecule has 10 rings (SSSR count). The van der Waals surface area contributed by atoms with Crippen LogP contribution in [0.15, 0.2) is 136 Å². The van der Waals surface area contributed by atoms with E-state index in [2.05, 4.69) is 56.6 Å². The summed E-state index contributed by atoms with van der Waals surface area (Å²) >= 11 is 7.60. The number of imide groups is 2. The zero-order chi connectivity index (χ0) is 69.1. The Bertz CT molecular complexity index is 3950. The Morgan fingerprint density at radius 2 is 1.43 bits per heavy atom. The Kier molecular flexibility index (Phi) is 23.9. The van der Waals surface area contributed by atoms with E-state index in [-0.39, 0.29) is 92.8 Å². The van der Waals surface area contributed by atoms with Crippen molar-refractivity contribution < 1.29 is 73.0 Å². The second-order valence-corrected chi connectivity index (χ2v) is 30.3. The number of allylic oxidation sites excluding steroid dienone is 1. The van der Waals surface area contributed by atoms with Gasteiger partial charge in [-0.3, -0.25) is 48.8 Å². The van der Waals surface area contributed by atoms with Crippen molar-refractivity contribution in [2.75, 3.05) is 133 Å². The van der Waals surface area contributed by atoms with Gasteiger partial charge in [0.1, 0.15) is 17.5 Å². The lowest BCUT2D eigenvalue weighted by molar-refractivity contribution is -0.138. The van der Waals surface area contributed by atoms with E-state index >= 15 is 0 Å². The SMILES string of the molecule is CC1(C)CCC(c2ccc(Cl)cc2)=C(CN2CCN(c3ccc(C(=O)NS(=O)(=O)c4ccc(NC(CCN5CCN(C(=O)COCCOCCOCCNc6cccc7c6C(=O)N(C6CCC(=O)NC6=O)C7=O)CC5)CSc5ccccc5)c(S(=O)(=O)C(F)(F)F)c4)cc3)CC2)C1. The Labute approximate surface area is 571 Å². The summed E-state index contributed by atoms with van der Waals surface area (Å²) in [7, 11) is -11.1. The summed E-state index contributed by atoms with van der Waals surface area (Å²) in [5.41, 5.74) is -0.642. The molecular weight excluding hydrogens is 1340 g/mol. The first-order valence-corrected chi connectivity index (χ1v) is 36.5. The number of sulfone groups is 1. The van der Waals surface area contributed by atoms with E-state index in [1.165, 1.54) is 46.7 Å². The van der Waals surface area contributed by atoms with E-state index in [0.717, 1.165) is 66.5 Å². The Balaban J connectivity index is 0.666.